The number of hydrogen-bond donors (Lipinski definition) is 0. The number of carbonyl (C=O) groups excluding carboxylic acids is 1. The molecule has 2 heteroatoms. The minimum Gasteiger partial charge on any atom is -0.299 e. The maximum atomic E-state index is 11.4. The quantitative estimate of drug-likeness (QED) is 0.674. The van der Waals surface area contributed by atoms with Gasteiger partial charge in [0.25, 0.3) is 0 Å². The molecule has 1 atom stereocenters. The second kappa shape index (κ2) is 4.90. The average Bonchev–Trinajstić information content (AvgIpc) is 2.06. The van der Waals surface area contributed by atoms with E-state index in [9.17, 15) is 4.79 Å². The van der Waals surface area contributed by atoms with E-state index < -0.39 is 0 Å². The Kier molecular flexibility index (Phi) is 4.13. The molecule has 0 N–H and O–H groups in total. The summed E-state index contributed by atoms with van der Waals surface area (Å²) in [5.41, 5.74) is 0. The van der Waals surface area contributed by atoms with Gasteiger partial charge in [0.15, 0.2) is 0 Å². The molecular weight excluding hydrogens is 168 g/mol. The summed E-state index contributed by atoms with van der Waals surface area (Å²) >= 11 is 1.99. The molecule has 1 rings (SSSR count). The molecular formula is C10H18OS. The second-order valence-corrected chi connectivity index (χ2v) is 5.22. The molecule has 1 fully saturated rings. The minimum absolute atomic E-state index is 0.229. The van der Waals surface area contributed by atoms with Gasteiger partial charge in [0.2, 0.25) is 0 Å². The summed E-state index contributed by atoms with van der Waals surface area (Å²) in [6.45, 7) is 3.99. The van der Waals surface area contributed by atoms with Gasteiger partial charge < -0.3 is 0 Å². The molecule has 0 aromatic rings. The number of carbonyl (C=O) groups is 1. The summed E-state index contributed by atoms with van der Waals surface area (Å²) in [5, 5.41) is 0.633. The third kappa shape index (κ3) is 3.18. The molecule has 12 heavy (non-hydrogen) atoms. The largest absolute Gasteiger partial charge is 0.299 e. The molecule has 1 aliphatic heterocycles. The fraction of sp³-hybridized carbons (Fsp3) is 0.900. The number of rotatable bonds is 3. The van der Waals surface area contributed by atoms with Crippen LogP contribution in [0.3, 0.4) is 0 Å². The first-order valence-corrected chi connectivity index (χ1v) is 5.89. The van der Waals surface area contributed by atoms with Crippen molar-refractivity contribution in [2.24, 2.45) is 5.92 Å². The Labute approximate surface area is 79.3 Å². The zero-order valence-electron chi connectivity index (χ0n) is 8.01. The molecule has 0 spiro atoms. The van der Waals surface area contributed by atoms with Crippen molar-refractivity contribution >= 4 is 17.5 Å². The van der Waals surface area contributed by atoms with Crippen molar-refractivity contribution < 1.29 is 4.79 Å². The fourth-order valence-corrected chi connectivity index (χ4v) is 2.75. The van der Waals surface area contributed by atoms with Crippen LogP contribution in [0.1, 0.15) is 39.5 Å². The summed E-state index contributed by atoms with van der Waals surface area (Å²) in [6, 6.07) is 0. The Hall–Kier alpha value is 0.0200. The van der Waals surface area contributed by atoms with Crippen molar-refractivity contribution in [2.45, 2.75) is 44.8 Å². The maximum Gasteiger partial charge on any atom is 0.136 e. The van der Waals surface area contributed by atoms with Gasteiger partial charge in [-0.1, -0.05) is 20.3 Å². The third-order valence-electron chi connectivity index (χ3n) is 2.35. The monoisotopic (exact) mass is 186 g/mol. The summed E-state index contributed by atoms with van der Waals surface area (Å²) in [5.74, 6) is 1.93. The van der Waals surface area contributed by atoms with E-state index in [-0.39, 0.29) is 5.92 Å². The molecule has 0 saturated carbocycles. The lowest BCUT2D eigenvalue weighted by Crippen LogP contribution is -2.17. The van der Waals surface area contributed by atoms with Gasteiger partial charge in [-0.25, -0.2) is 0 Å². The van der Waals surface area contributed by atoms with Crippen molar-refractivity contribution in [1.82, 2.24) is 0 Å². The van der Waals surface area contributed by atoms with E-state index in [0.29, 0.717) is 11.0 Å². The summed E-state index contributed by atoms with van der Waals surface area (Å²) in [6.07, 6.45) is 4.73. The van der Waals surface area contributed by atoms with Crippen LogP contribution in [0.4, 0.5) is 0 Å². The third-order valence-corrected chi connectivity index (χ3v) is 3.74. The van der Waals surface area contributed by atoms with E-state index in [1.54, 1.807) is 0 Å². The topological polar surface area (TPSA) is 17.1 Å². The number of ketones is 1. The first-order valence-electron chi connectivity index (χ1n) is 4.84. The van der Waals surface area contributed by atoms with Crippen molar-refractivity contribution in [3.63, 3.8) is 0 Å². The molecule has 1 nitrogen and oxygen atoms in total. The Bertz CT molecular complexity index is 148. The van der Waals surface area contributed by atoms with Gasteiger partial charge in [0, 0.05) is 17.6 Å². The highest BCUT2D eigenvalue weighted by atomic mass is 32.2. The Morgan fingerprint density at radius 2 is 2.25 bits per heavy atom. The Balaban J connectivity index is 2.24. The summed E-state index contributed by atoms with van der Waals surface area (Å²) in [7, 11) is 0. The Morgan fingerprint density at radius 1 is 1.50 bits per heavy atom. The fourth-order valence-electron chi connectivity index (χ4n) is 1.43. The van der Waals surface area contributed by atoms with E-state index in [4.69, 9.17) is 0 Å². The highest BCUT2D eigenvalue weighted by Crippen LogP contribution is 2.28. The molecule has 0 aromatic carbocycles. The molecule has 1 saturated heterocycles. The van der Waals surface area contributed by atoms with Gasteiger partial charge in [0.1, 0.15) is 5.78 Å². The zero-order chi connectivity index (χ0) is 8.97. The van der Waals surface area contributed by atoms with E-state index in [0.717, 1.165) is 6.42 Å². The molecule has 1 heterocycles. The van der Waals surface area contributed by atoms with Gasteiger partial charge in [0.05, 0.1) is 0 Å². The lowest BCUT2D eigenvalue weighted by Gasteiger charge is -2.20. The first-order chi connectivity index (χ1) is 5.70. The van der Waals surface area contributed by atoms with Crippen LogP contribution in [0.25, 0.3) is 0 Å². The van der Waals surface area contributed by atoms with Gasteiger partial charge in [-0.3, -0.25) is 4.79 Å². The maximum absolute atomic E-state index is 11.4. The van der Waals surface area contributed by atoms with Gasteiger partial charge in [-0.05, 0) is 18.6 Å². The first kappa shape index (κ1) is 10.1. The lowest BCUT2D eigenvalue weighted by molar-refractivity contribution is -0.121. The molecule has 1 unspecified atom stereocenters. The Morgan fingerprint density at radius 3 is 2.75 bits per heavy atom. The number of thioether (sulfide) groups is 1. The number of hydrogen-bond acceptors (Lipinski definition) is 2. The van der Waals surface area contributed by atoms with Crippen LogP contribution in [-0.2, 0) is 4.79 Å². The van der Waals surface area contributed by atoms with Crippen LogP contribution in [0.5, 0.6) is 0 Å². The van der Waals surface area contributed by atoms with E-state index in [2.05, 4.69) is 0 Å². The molecule has 0 bridgehead atoms. The number of Topliss-reactive ketones (excluding diaryl/α,β-unsaturated/α-hetero) is 1. The molecule has 70 valence electrons. The average molecular weight is 186 g/mol. The van der Waals surface area contributed by atoms with Crippen LogP contribution in [0.2, 0.25) is 0 Å². The van der Waals surface area contributed by atoms with Crippen LogP contribution in [-0.4, -0.2) is 16.8 Å². The van der Waals surface area contributed by atoms with Gasteiger partial charge in [-0.2, -0.15) is 11.8 Å². The normalized spacial score (nSPS) is 24.4. The highest BCUT2D eigenvalue weighted by molar-refractivity contribution is 7.99. The molecule has 0 aliphatic carbocycles. The van der Waals surface area contributed by atoms with Crippen LogP contribution in [0.15, 0.2) is 0 Å². The van der Waals surface area contributed by atoms with Gasteiger partial charge >= 0.3 is 0 Å². The predicted molar refractivity (Wildman–Crippen MR) is 54.6 cm³/mol. The molecule has 0 radical (unpaired) electrons. The van der Waals surface area contributed by atoms with Crippen molar-refractivity contribution in [2.75, 3.05) is 5.75 Å². The van der Waals surface area contributed by atoms with E-state index in [1.807, 2.05) is 25.6 Å². The van der Waals surface area contributed by atoms with Crippen molar-refractivity contribution in [3.8, 4) is 0 Å². The molecule has 1 aliphatic rings. The smallest absolute Gasteiger partial charge is 0.136 e. The van der Waals surface area contributed by atoms with E-state index in [1.165, 1.54) is 25.0 Å². The second-order valence-electron chi connectivity index (χ2n) is 3.81. The van der Waals surface area contributed by atoms with Gasteiger partial charge in [-0.15, -0.1) is 0 Å². The van der Waals surface area contributed by atoms with Crippen molar-refractivity contribution in [3.05, 3.63) is 0 Å². The minimum atomic E-state index is 0.229. The molecule has 0 amide bonds. The highest BCUT2D eigenvalue weighted by Gasteiger charge is 2.18. The standard InChI is InChI=1S/C10H18OS/c1-8(2)10(11)7-9-5-3-4-6-12-9/h8-9H,3-7H2,1-2H3. The van der Waals surface area contributed by atoms with Crippen molar-refractivity contribution in [1.29, 1.82) is 0 Å². The van der Waals surface area contributed by atoms with Crippen LogP contribution in [0, 0.1) is 5.92 Å². The SMILES string of the molecule is CC(C)C(=O)CC1CCCCS1. The van der Waals surface area contributed by atoms with Crippen LogP contribution >= 0.6 is 11.8 Å². The molecule has 0 aromatic heterocycles. The zero-order valence-corrected chi connectivity index (χ0v) is 8.82. The predicted octanol–water partition coefficient (Wildman–Crippen LogP) is 2.89. The lowest BCUT2D eigenvalue weighted by atomic mass is 10.0. The van der Waals surface area contributed by atoms with E-state index >= 15 is 0 Å². The summed E-state index contributed by atoms with van der Waals surface area (Å²) < 4.78 is 0. The van der Waals surface area contributed by atoms with Crippen LogP contribution < -0.4 is 0 Å². The summed E-state index contributed by atoms with van der Waals surface area (Å²) in [4.78, 5) is 11.4.